The van der Waals surface area contributed by atoms with E-state index in [9.17, 15) is 13.2 Å². The first-order valence-electron chi connectivity index (χ1n) is 4.68. The summed E-state index contributed by atoms with van der Waals surface area (Å²) in [5.74, 6) is 0.153. The largest absolute Gasteiger partial charge is 0.463 e. The van der Waals surface area contributed by atoms with Gasteiger partial charge in [-0.25, -0.2) is 9.97 Å². The Morgan fingerprint density at radius 2 is 2.06 bits per heavy atom. The molecule has 4 nitrogen and oxygen atoms in total. The predicted octanol–water partition coefficient (Wildman–Crippen LogP) is 2.80. The third-order valence-corrected chi connectivity index (χ3v) is 2.01. The van der Waals surface area contributed by atoms with Gasteiger partial charge in [-0.05, 0) is 18.2 Å². The number of aromatic nitrogens is 2. The quantitative estimate of drug-likeness (QED) is 0.881. The molecule has 1 N–H and O–H groups in total. The molecule has 0 aliphatic heterocycles. The molecule has 2 heterocycles. The highest BCUT2D eigenvalue weighted by Crippen LogP contribution is 2.31. The Bertz CT molecular complexity index is 508. The summed E-state index contributed by atoms with van der Waals surface area (Å²) < 4.78 is 42.7. The SMILES string of the molecule is CNc1nc(-c2ccco2)cc(C(F)(F)F)n1. The van der Waals surface area contributed by atoms with Gasteiger partial charge in [-0.1, -0.05) is 0 Å². The lowest BCUT2D eigenvalue weighted by Gasteiger charge is -2.08. The van der Waals surface area contributed by atoms with E-state index in [2.05, 4.69) is 15.3 Å². The second-order valence-corrected chi connectivity index (χ2v) is 3.19. The van der Waals surface area contributed by atoms with Crippen molar-refractivity contribution in [3.05, 3.63) is 30.2 Å². The van der Waals surface area contributed by atoms with E-state index in [-0.39, 0.29) is 17.4 Å². The van der Waals surface area contributed by atoms with Crippen molar-refractivity contribution in [3.8, 4) is 11.5 Å². The van der Waals surface area contributed by atoms with Gasteiger partial charge >= 0.3 is 6.18 Å². The van der Waals surface area contributed by atoms with E-state index in [1.807, 2.05) is 0 Å². The maximum atomic E-state index is 12.6. The topological polar surface area (TPSA) is 51.0 Å². The summed E-state index contributed by atoms with van der Waals surface area (Å²) in [6.45, 7) is 0. The van der Waals surface area contributed by atoms with Crippen LogP contribution in [0.2, 0.25) is 0 Å². The molecule has 0 saturated carbocycles. The van der Waals surface area contributed by atoms with Gasteiger partial charge in [0.15, 0.2) is 11.5 Å². The molecule has 0 aromatic carbocycles. The summed E-state index contributed by atoms with van der Waals surface area (Å²) in [5, 5.41) is 2.48. The fraction of sp³-hybridized carbons (Fsp3) is 0.200. The number of nitrogens with zero attached hydrogens (tertiary/aromatic N) is 2. The van der Waals surface area contributed by atoms with Gasteiger partial charge in [0.25, 0.3) is 0 Å². The molecule has 2 aromatic heterocycles. The number of alkyl halides is 3. The number of halogens is 3. The van der Waals surface area contributed by atoms with Crippen LogP contribution >= 0.6 is 0 Å². The lowest BCUT2D eigenvalue weighted by molar-refractivity contribution is -0.141. The Morgan fingerprint density at radius 1 is 1.29 bits per heavy atom. The number of furan rings is 1. The second kappa shape index (κ2) is 4.08. The lowest BCUT2D eigenvalue weighted by atomic mass is 10.2. The minimum atomic E-state index is -4.52. The molecule has 17 heavy (non-hydrogen) atoms. The molecule has 90 valence electrons. The average Bonchev–Trinajstić information content (AvgIpc) is 2.80. The zero-order valence-corrected chi connectivity index (χ0v) is 8.75. The molecule has 0 unspecified atom stereocenters. The molecular weight excluding hydrogens is 235 g/mol. The third kappa shape index (κ3) is 2.38. The zero-order valence-electron chi connectivity index (χ0n) is 8.75. The van der Waals surface area contributed by atoms with E-state index >= 15 is 0 Å². The van der Waals surface area contributed by atoms with Crippen molar-refractivity contribution >= 4 is 5.95 Å². The molecule has 0 bridgehead atoms. The standard InChI is InChI=1S/C10H8F3N3O/c1-14-9-15-6(7-3-2-4-17-7)5-8(16-9)10(11,12)13/h2-5H,1H3,(H,14,15,16). The molecule has 0 fully saturated rings. The smallest absolute Gasteiger partial charge is 0.433 e. The van der Waals surface area contributed by atoms with Crippen LogP contribution < -0.4 is 5.32 Å². The first-order valence-corrected chi connectivity index (χ1v) is 4.68. The van der Waals surface area contributed by atoms with Crippen molar-refractivity contribution in [3.63, 3.8) is 0 Å². The monoisotopic (exact) mass is 243 g/mol. The predicted molar refractivity (Wildman–Crippen MR) is 54.3 cm³/mol. The molecular formula is C10H8F3N3O. The fourth-order valence-electron chi connectivity index (χ4n) is 1.25. The normalized spacial score (nSPS) is 11.5. The van der Waals surface area contributed by atoms with Crippen molar-refractivity contribution < 1.29 is 17.6 Å². The Balaban J connectivity index is 2.54. The molecule has 7 heteroatoms. The minimum absolute atomic E-state index is 0.0849. The molecule has 0 spiro atoms. The van der Waals surface area contributed by atoms with E-state index in [0.29, 0.717) is 0 Å². The van der Waals surface area contributed by atoms with Crippen LogP contribution in [0.5, 0.6) is 0 Å². The number of rotatable bonds is 2. The molecule has 2 aromatic rings. The van der Waals surface area contributed by atoms with Crippen LogP contribution in [0.25, 0.3) is 11.5 Å². The van der Waals surface area contributed by atoms with E-state index in [1.165, 1.54) is 19.4 Å². The van der Waals surface area contributed by atoms with Gasteiger partial charge in [0.1, 0.15) is 5.69 Å². The number of hydrogen-bond acceptors (Lipinski definition) is 4. The average molecular weight is 243 g/mol. The molecule has 2 rings (SSSR count). The first-order chi connectivity index (χ1) is 8.00. The Hall–Kier alpha value is -2.05. The Kier molecular flexibility index (Phi) is 2.74. The van der Waals surface area contributed by atoms with Gasteiger partial charge in [-0.15, -0.1) is 0 Å². The molecule has 0 atom stereocenters. The summed E-state index contributed by atoms with van der Waals surface area (Å²) in [4.78, 5) is 7.24. The van der Waals surface area contributed by atoms with Gasteiger partial charge < -0.3 is 9.73 Å². The third-order valence-electron chi connectivity index (χ3n) is 2.01. The van der Waals surface area contributed by atoms with Gasteiger partial charge in [0, 0.05) is 7.05 Å². The highest BCUT2D eigenvalue weighted by Gasteiger charge is 2.33. The fourth-order valence-corrected chi connectivity index (χ4v) is 1.25. The van der Waals surface area contributed by atoms with Crippen LogP contribution in [0.3, 0.4) is 0 Å². The summed E-state index contributed by atoms with van der Waals surface area (Å²) >= 11 is 0. The molecule has 0 saturated heterocycles. The summed E-state index contributed by atoms with van der Waals surface area (Å²) in [6.07, 6.45) is -3.15. The minimum Gasteiger partial charge on any atom is -0.463 e. The number of anilines is 1. The van der Waals surface area contributed by atoms with Gasteiger partial charge in [-0.3, -0.25) is 0 Å². The van der Waals surface area contributed by atoms with Gasteiger partial charge in [0.05, 0.1) is 6.26 Å². The van der Waals surface area contributed by atoms with Crippen LogP contribution in [-0.4, -0.2) is 17.0 Å². The zero-order chi connectivity index (χ0) is 12.5. The van der Waals surface area contributed by atoms with E-state index < -0.39 is 11.9 Å². The van der Waals surface area contributed by atoms with Gasteiger partial charge in [0.2, 0.25) is 5.95 Å². The van der Waals surface area contributed by atoms with Crippen molar-refractivity contribution in [1.29, 1.82) is 0 Å². The molecule has 0 amide bonds. The highest BCUT2D eigenvalue weighted by molar-refractivity contribution is 5.54. The van der Waals surface area contributed by atoms with Crippen molar-refractivity contribution in [2.45, 2.75) is 6.18 Å². The first kappa shape index (κ1) is 11.4. The van der Waals surface area contributed by atoms with Crippen LogP contribution in [0.1, 0.15) is 5.69 Å². The van der Waals surface area contributed by atoms with Crippen LogP contribution in [0, 0.1) is 0 Å². The molecule has 0 aliphatic rings. The maximum Gasteiger partial charge on any atom is 0.433 e. The Morgan fingerprint density at radius 3 is 2.59 bits per heavy atom. The van der Waals surface area contributed by atoms with E-state index in [1.54, 1.807) is 6.07 Å². The Labute approximate surface area is 94.5 Å². The maximum absolute atomic E-state index is 12.6. The van der Waals surface area contributed by atoms with Crippen molar-refractivity contribution in [1.82, 2.24) is 9.97 Å². The van der Waals surface area contributed by atoms with E-state index in [4.69, 9.17) is 4.42 Å². The lowest BCUT2D eigenvalue weighted by Crippen LogP contribution is -2.11. The van der Waals surface area contributed by atoms with Crippen LogP contribution in [0.4, 0.5) is 19.1 Å². The summed E-state index contributed by atoms with van der Waals surface area (Å²) in [7, 11) is 1.45. The molecule has 0 aliphatic carbocycles. The summed E-state index contributed by atoms with van der Waals surface area (Å²) in [6, 6.07) is 3.95. The van der Waals surface area contributed by atoms with Crippen LogP contribution in [-0.2, 0) is 6.18 Å². The van der Waals surface area contributed by atoms with Gasteiger partial charge in [-0.2, -0.15) is 13.2 Å². The highest BCUT2D eigenvalue weighted by atomic mass is 19.4. The second-order valence-electron chi connectivity index (χ2n) is 3.19. The molecule has 0 radical (unpaired) electrons. The van der Waals surface area contributed by atoms with E-state index in [0.717, 1.165) is 6.07 Å². The van der Waals surface area contributed by atoms with Crippen LogP contribution in [0.15, 0.2) is 28.9 Å². The summed E-state index contributed by atoms with van der Waals surface area (Å²) in [5.41, 5.74) is -0.926. The number of hydrogen-bond donors (Lipinski definition) is 1. The van der Waals surface area contributed by atoms with Crippen molar-refractivity contribution in [2.24, 2.45) is 0 Å². The van der Waals surface area contributed by atoms with Crippen molar-refractivity contribution in [2.75, 3.05) is 12.4 Å². The number of nitrogens with one attached hydrogen (secondary N) is 1.